The highest BCUT2D eigenvalue weighted by Crippen LogP contribution is 2.18. The molecule has 20 heavy (non-hydrogen) atoms. The molecule has 2 N–H and O–H groups in total. The summed E-state index contributed by atoms with van der Waals surface area (Å²) in [4.78, 5) is 7.36. The van der Waals surface area contributed by atoms with Gasteiger partial charge in [-0.15, -0.1) is 5.10 Å². The van der Waals surface area contributed by atoms with Crippen molar-refractivity contribution in [2.45, 2.75) is 20.4 Å². The lowest BCUT2D eigenvalue weighted by atomic mass is 10.2. The molecule has 0 aliphatic rings. The van der Waals surface area contributed by atoms with Gasteiger partial charge in [0.25, 0.3) is 0 Å². The largest absolute Gasteiger partial charge is 0.379 e. The second-order valence-corrected chi connectivity index (χ2v) is 4.60. The first-order valence-corrected chi connectivity index (χ1v) is 6.31. The summed E-state index contributed by atoms with van der Waals surface area (Å²) < 4.78 is 1.65. The van der Waals surface area contributed by atoms with E-state index in [0.29, 0.717) is 6.54 Å². The van der Waals surface area contributed by atoms with Crippen LogP contribution in [0.5, 0.6) is 0 Å². The molecule has 0 unspecified atom stereocenters. The Kier molecular flexibility index (Phi) is 3.16. The maximum Gasteiger partial charge on any atom is 0.143 e. The van der Waals surface area contributed by atoms with Gasteiger partial charge in [0.1, 0.15) is 12.2 Å². The molecule has 2 aromatic heterocycles. The van der Waals surface area contributed by atoms with Crippen LogP contribution >= 0.6 is 0 Å². The molecule has 3 aromatic rings. The molecule has 0 saturated heterocycles. The van der Waals surface area contributed by atoms with E-state index in [1.54, 1.807) is 11.0 Å². The van der Waals surface area contributed by atoms with Gasteiger partial charge < -0.3 is 10.3 Å². The number of imidazole rings is 1. The minimum absolute atomic E-state index is 0.693. The van der Waals surface area contributed by atoms with Crippen molar-refractivity contribution in [1.29, 1.82) is 0 Å². The third-order valence-corrected chi connectivity index (χ3v) is 3.04. The Labute approximate surface area is 116 Å². The number of tetrazole rings is 1. The number of aryl methyl sites for hydroxylation is 2. The molecule has 0 atom stereocenters. The Balaban J connectivity index is 1.79. The molecule has 0 saturated carbocycles. The van der Waals surface area contributed by atoms with E-state index >= 15 is 0 Å². The van der Waals surface area contributed by atoms with Crippen molar-refractivity contribution in [3.63, 3.8) is 0 Å². The molecule has 0 aliphatic carbocycles. The number of aromatic amines is 1. The Bertz CT molecular complexity index is 699. The first-order chi connectivity index (χ1) is 9.72. The third-order valence-electron chi connectivity index (χ3n) is 3.04. The number of nitrogens with one attached hydrogen (secondary N) is 2. The highest BCUT2D eigenvalue weighted by atomic mass is 15.5. The molecule has 0 fully saturated rings. The van der Waals surface area contributed by atoms with E-state index in [4.69, 9.17) is 0 Å². The van der Waals surface area contributed by atoms with Crippen molar-refractivity contribution >= 4 is 5.69 Å². The number of aromatic nitrogens is 6. The number of rotatable bonds is 4. The van der Waals surface area contributed by atoms with Crippen LogP contribution in [0.4, 0.5) is 5.69 Å². The van der Waals surface area contributed by atoms with Gasteiger partial charge >= 0.3 is 0 Å². The third kappa shape index (κ3) is 2.51. The van der Waals surface area contributed by atoms with Crippen molar-refractivity contribution in [3.05, 3.63) is 47.8 Å². The van der Waals surface area contributed by atoms with Gasteiger partial charge in [0.15, 0.2) is 0 Å². The van der Waals surface area contributed by atoms with Crippen molar-refractivity contribution in [2.24, 2.45) is 0 Å². The number of nitrogens with zero attached hydrogens (tertiary/aromatic N) is 5. The van der Waals surface area contributed by atoms with Gasteiger partial charge in [0.05, 0.1) is 24.1 Å². The standard InChI is InChI=1S/C13H15N7/c1-9-3-4-11(5-13(9)20-8-16-18-19-20)15-7-12-6-14-10(2)17-12/h3-6,8,15H,7H2,1-2H3,(H,14,17). The van der Waals surface area contributed by atoms with Crippen LogP contribution in [-0.4, -0.2) is 30.2 Å². The van der Waals surface area contributed by atoms with Crippen LogP contribution in [0.15, 0.2) is 30.7 Å². The van der Waals surface area contributed by atoms with Crippen LogP contribution < -0.4 is 5.32 Å². The van der Waals surface area contributed by atoms with Crippen LogP contribution in [0.3, 0.4) is 0 Å². The minimum atomic E-state index is 0.693. The molecule has 7 nitrogen and oxygen atoms in total. The monoisotopic (exact) mass is 269 g/mol. The fraction of sp³-hybridized carbons (Fsp3) is 0.231. The summed E-state index contributed by atoms with van der Waals surface area (Å²) in [6.07, 6.45) is 3.42. The van der Waals surface area contributed by atoms with Gasteiger partial charge in [0, 0.05) is 5.69 Å². The number of anilines is 1. The summed E-state index contributed by atoms with van der Waals surface area (Å²) in [5.74, 6) is 0.917. The predicted octanol–water partition coefficient (Wildman–Crippen LogP) is 1.61. The van der Waals surface area contributed by atoms with Gasteiger partial charge in [-0.2, -0.15) is 0 Å². The fourth-order valence-electron chi connectivity index (χ4n) is 2.00. The SMILES string of the molecule is Cc1ncc(CNc2ccc(C)c(-n3cnnn3)c2)[nH]1. The predicted molar refractivity (Wildman–Crippen MR) is 74.5 cm³/mol. The molecule has 2 heterocycles. The first-order valence-electron chi connectivity index (χ1n) is 6.31. The second-order valence-electron chi connectivity index (χ2n) is 4.60. The molecule has 7 heteroatoms. The van der Waals surface area contributed by atoms with E-state index in [0.717, 1.165) is 28.5 Å². The highest BCUT2D eigenvalue weighted by molar-refractivity contribution is 5.54. The number of benzene rings is 1. The first kappa shape index (κ1) is 12.3. The molecule has 0 bridgehead atoms. The lowest BCUT2D eigenvalue weighted by molar-refractivity contribution is 0.785. The van der Waals surface area contributed by atoms with E-state index in [9.17, 15) is 0 Å². The van der Waals surface area contributed by atoms with Crippen molar-refractivity contribution in [2.75, 3.05) is 5.32 Å². The number of hydrogen-bond donors (Lipinski definition) is 2. The molecule has 102 valence electrons. The van der Waals surface area contributed by atoms with Crippen LogP contribution in [0.2, 0.25) is 0 Å². The number of H-pyrrole nitrogens is 1. The Morgan fingerprint density at radius 1 is 1.30 bits per heavy atom. The molecule has 1 aromatic carbocycles. The fourth-order valence-corrected chi connectivity index (χ4v) is 2.00. The zero-order chi connectivity index (χ0) is 13.9. The van der Waals surface area contributed by atoms with Crippen LogP contribution in [0, 0.1) is 13.8 Å². The number of hydrogen-bond acceptors (Lipinski definition) is 5. The van der Waals surface area contributed by atoms with E-state index in [1.165, 1.54) is 0 Å². The summed E-state index contributed by atoms with van der Waals surface area (Å²) >= 11 is 0. The van der Waals surface area contributed by atoms with E-state index in [-0.39, 0.29) is 0 Å². The summed E-state index contributed by atoms with van der Waals surface area (Å²) in [6.45, 7) is 4.66. The van der Waals surface area contributed by atoms with Crippen LogP contribution in [0.25, 0.3) is 5.69 Å². The smallest absolute Gasteiger partial charge is 0.143 e. The molecule has 0 spiro atoms. The van der Waals surface area contributed by atoms with Gasteiger partial charge in [-0.05, 0) is 42.0 Å². The molecule has 0 radical (unpaired) electrons. The topological polar surface area (TPSA) is 84.3 Å². The molecule has 3 rings (SSSR count). The summed E-state index contributed by atoms with van der Waals surface area (Å²) in [5, 5.41) is 14.6. The van der Waals surface area contributed by atoms with Gasteiger partial charge in [0.2, 0.25) is 0 Å². The summed E-state index contributed by atoms with van der Waals surface area (Å²) in [5.41, 5.74) is 4.13. The van der Waals surface area contributed by atoms with E-state index < -0.39 is 0 Å². The van der Waals surface area contributed by atoms with Crippen LogP contribution in [-0.2, 0) is 6.54 Å². The molecule has 0 aliphatic heterocycles. The minimum Gasteiger partial charge on any atom is -0.379 e. The van der Waals surface area contributed by atoms with Gasteiger partial charge in [-0.25, -0.2) is 9.67 Å². The average molecular weight is 269 g/mol. The quantitative estimate of drug-likeness (QED) is 0.751. The van der Waals surface area contributed by atoms with Crippen molar-refractivity contribution in [1.82, 2.24) is 30.2 Å². The Morgan fingerprint density at radius 3 is 2.90 bits per heavy atom. The zero-order valence-corrected chi connectivity index (χ0v) is 11.3. The molecule has 0 amide bonds. The van der Waals surface area contributed by atoms with Crippen molar-refractivity contribution in [3.8, 4) is 5.69 Å². The van der Waals surface area contributed by atoms with Gasteiger partial charge in [-0.1, -0.05) is 6.07 Å². The Morgan fingerprint density at radius 2 is 2.20 bits per heavy atom. The van der Waals surface area contributed by atoms with Crippen molar-refractivity contribution < 1.29 is 0 Å². The molecular formula is C13H15N7. The average Bonchev–Trinajstić information content (AvgIpc) is 3.09. The van der Waals surface area contributed by atoms with E-state index in [1.807, 2.05) is 38.2 Å². The maximum absolute atomic E-state index is 4.18. The molecular weight excluding hydrogens is 254 g/mol. The lowest BCUT2D eigenvalue weighted by Crippen LogP contribution is -2.03. The lowest BCUT2D eigenvalue weighted by Gasteiger charge is -2.09. The summed E-state index contributed by atoms with van der Waals surface area (Å²) in [7, 11) is 0. The summed E-state index contributed by atoms with van der Waals surface area (Å²) in [6, 6.07) is 6.10. The second kappa shape index (κ2) is 5.12. The van der Waals surface area contributed by atoms with E-state index in [2.05, 4.69) is 30.8 Å². The van der Waals surface area contributed by atoms with Crippen LogP contribution in [0.1, 0.15) is 17.1 Å². The maximum atomic E-state index is 4.18. The normalized spacial score (nSPS) is 10.7. The Hall–Kier alpha value is -2.70. The highest BCUT2D eigenvalue weighted by Gasteiger charge is 2.04. The van der Waals surface area contributed by atoms with Gasteiger partial charge in [-0.3, -0.25) is 0 Å². The zero-order valence-electron chi connectivity index (χ0n) is 11.3.